The van der Waals surface area contributed by atoms with E-state index in [-0.39, 0.29) is 12.4 Å². The molecule has 0 saturated heterocycles. The fourth-order valence-electron chi connectivity index (χ4n) is 1.27. The number of hydrogen-bond acceptors (Lipinski definition) is 2. The van der Waals surface area contributed by atoms with Gasteiger partial charge in [0.05, 0.1) is 12.2 Å². The molecule has 0 heterocycles. The van der Waals surface area contributed by atoms with Crippen molar-refractivity contribution >= 4 is 0 Å². The summed E-state index contributed by atoms with van der Waals surface area (Å²) in [4.78, 5) is 0. The van der Waals surface area contributed by atoms with E-state index in [0.29, 0.717) is 6.42 Å². The largest absolute Gasteiger partial charge is 0.393 e. The lowest BCUT2D eigenvalue weighted by Gasteiger charge is -2.25. The highest BCUT2D eigenvalue weighted by molar-refractivity contribution is 5.18. The highest BCUT2D eigenvalue weighted by Crippen LogP contribution is 2.16. The van der Waals surface area contributed by atoms with Gasteiger partial charge in [-0.15, -0.1) is 0 Å². The molecule has 0 aromatic heterocycles. The topological polar surface area (TPSA) is 29.5 Å². The molecule has 1 N–H and O–H groups in total. The van der Waals surface area contributed by atoms with Crippen LogP contribution in [0.5, 0.6) is 0 Å². The molecule has 0 aliphatic rings. The van der Waals surface area contributed by atoms with Crippen molar-refractivity contribution in [1.29, 1.82) is 0 Å². The van der Waals surface area contributed by atoms with Crippen LogP contribution < -0.4 is 0 Å². The van der Waals surface area contributed by atoms with Crippen LogP contribution in [0.3, 0.4) is 0 Å². The Balaban J connectivity index is 2.77. The zero-order chi connectivity index (χ0) is 10.6. The minimum atomic E-state index is -0.631. The van der Waals surface area contributed by atoms with Crippen molar-refractivity contribution in [1.82, 2.24) is 0 Å². The van der Waals surface area contributed by atoms with Crippen LogP contribution in [0, 0.1) is 5.82 Å². The maximum absolute atomic E-state index is 12.8. The number of aliphatic hydroxyl groups excluding tert-OH is 1. The number of rotatable bonds is 4. The maximum Gasteiger partial charge on any atom is 0.123 e. The van der Waals surface area contributed by atoms with Crippen molar-refractivity contribution < 1.29 is 14.2 Å². The monoisotopic (exact) mass is 198 g/mol. The fourth-order valence-corrected chi connectivity index (χ4v) is 1.27. The number of benzene rings is 1. The van der Waals surface area contributed by atoms with Gasteiger partial charge < -0.3 is 9.84 Å². The lowest BCUT2D eigenvalue weighted by molar-refractivity contribution is -0.0368. The minimum Gasteiger partial charge on any atom is -0.393 e. The van der Waals surface area contributed by atoms with Gasteiger partial charge >= 0.3 is 0 Å². The van der Waals surface area contributed by atoms with E-state index >= 15 is 0 Å². The molecule has 1 atom stereocenters. The second kappa shape index (κ2) is 4.53. The van der Waals surface area contributed by atoms with Crippen LogP contribution in [-0.4, -0.2) is 24.4 Å². The van der Waals surface area contributed by atoms with Gasteiger partial charge in [-0.25, -0.2) is 4.39 Å². The zero-order valence-corrected chi connectivity index (χ0v) is 8.46. The van der Waals surface area contributed by atoms with E-state index in [4.69, 9.17) is 9.84 Å². The first-order chi connectivity index (χ1) is 6.59. The van der Waals surface area contributed by atoms with Crippen molar-refractivity contribution in [3.8, 4) is 0 Å². The smallest absolute Gasteiger partial charge is 0.123 e. The van der Waals surface area contributed by atoms with Crippen LogP contribution in [0.2, 0.25) is 0 Å². The Hall–Kier alpha value is -0.930. The first-order valence-corrected chi connectivity index (χ1v) is 4.50. The van der Waals surface area contributed by atoms with Crippen LogP contribution in [0.25, 0.3) is 0 Å². The predicted molar refractivity (Wildman–Crippen MR) is 52.6 cm³/mol. The van der Waals surface area contributed by atoms with E-state index in [1.165, 1.54) is 19.2 Å². The molecule has 0 fully saturated rings. The molecule has 0 spiro atoms. The van der Waals surface area contributed by atoms with Gasteiger partial charge in [-0.05, 0) is 24.6 Å². The molecule has 2 nitrogen and oxygen atoms in total. The third-order valence-corrected chi connectivity index (χ3v) is 2.29. The molecule has 1 aromatic carbocycles. The van der Waals surface area contributed by atoms with Gasteiger partial charge in [-0.2, -0.15) is 0 Å². The Morgan fingerprint density at radius 3 is 2.71 bits per heavy atom. The summed E-state index contributed by atoms with van der Waals surface area (Å²) in [6.07, 6.45) is 0.498. The number of ether oxygens (including phenoxy) is 1. The van der Waals surface area contributed by atoms with Gasteiger partial charge in [0, 0.05) is 13.5 Å². The summed E-state index contributed by atoms with van der Waals surface area (Å²) >= 11 is 0. The Kier molecular flexibility index (Phi) is 3.61. The highest BCUT2D eigenvalue weighted by atomic mass is 19.1. The zero-order valence-electron chi connectivity index (χ0n) is 8.46. The second-order valence-corrected chi connectivity index (χ2v) is 3.62. The van der Waals surface area contributed by atoms with Gasteiger partial charge in [-0.1, -0.05) is 12.1 Å². The van der Waals surface area contributed by atoms with Gasteiger partial charge in [0.2, 0.25) is 0 Å². The summed E-state index contributed by atoms with van der Waals surface area (Å²) in [5, 5.41) is 9.10. The van der Waals surface area contributed by atoms with Gasteiger partial charge in [0.25, 0.3) is 0 Å². The quantitative estimate of drug-likeness (QED) is 0.798. The maximum atomic E-state index is 12.8. The first-order valence-electron chi connectivity index (χ1n) is 4.50. The molecule has 0 aliphatic carbocycles. The van der Waals surface area contributed by atoms with Crippen LogP contribution in [0.4, 0.5) is 4.39 Å². The molecular formula is C11H15FO2. The molecule has 0 saturated carbocycles. The van der Waals surface area contributed by atoms with Crippen molar-refractivity contribution in [2.24, 2.45) is 0 Å². The van der Waals surface area contributed by atoms with E-state index in [9.17, 15) is 4.39 Å². The van der Waals surface area contributed by atoms with Crippen molar-refractivity contribution in [2.45, 2.75) is 18.9 Å². The lowest BCUT2D eigenvalue weighted by Crippen LogP contribution is -2.34. The number of hydrogen-bond donors (Lipinski definition) is 1. The minimum absolute atomic E-state index is 0.0833. The molecule has 0 aliphatic heterocycles. The van der Waals surface area contributed by atoms with Crippen molar-refractivity contribution in [3.05, 3.63) is 35.6 Å². The van der Waals surface area contributed by atoms with E-state index in [1.807, 2.05) is 6.07 Å². The van der Waals surface area contributed by atoms with E-state index in [0.717, 1.165) is 5.56 Å². The van der Waals surface area contributed by atoms with E-state index in [1.54, 1.807) is 13.0 Å². The van der Waals surface area contributed by atoms with Crippen molar-refractivity contribution in [2.75, 3.05) is 13.7 Å². The SMILES string of the molecule is COC(C)(CO)Cc1cccc(F)c1. The molecule has 1 aromatic rings. The number of aliphatic hydroxyl groups is 1. The van der Waals surface area contributed by atoms with Crippen LogP contribution in [0.15, 0.2) is 24.3 Å². The van der Waals surface area contributed by atoms with Crippen LogP contribution >= 0.6 is 0 Å². The number of methoxy groups -OCH3 is 1. The summed E-state index contributed by atoms with van der Waals surface area (Å²) < 4.78 is 18.0. The lowest BCUT2D eigenvalue weighted by atomic mass is 9.97. The molecule has 0 radical (unpaired) electrons. The summed E-state index contributed by atoms with van der Waals surface area (Å²) in [6, 6.07) is 6.31. The summed E-state index contributed by atoms with van der Waals surface area (Å²) in [5.74, 6) is -0.265. The van der Waals surface area contributed by atoms with E-state index < -0.39 is 5.60 Å². The molecule has 0 bridgehead atoms. The molecule has 78 valence electrons. The normalized spacial score (nSPS) is 15.1. The Morgan fingerprint density at radius 1 is 1.50 bits per heavy atom. The molecular weight excluding hydrogens is 183 g/mol. The summed E-state index contributed by atoms with van der Waals surface area (Å²) in [6.45, 7) is 1.71. The first kappa shape index (κ1) is 11.1. The van der Waals surface area contributed by atoms with Crippen molar-refractivity contribution in [3.63, 3.8) is 0 Å². The average Bonchev–Trinajstić information content (AvgIpc) is 2.18. The average molecular weight is 198 g/mol. The summed E-state index contributed by atoms with van der Waals surface area (Å²) in [7, 11) is 1.54. The third kappa shape index (κ3) is 2.79. The predicted octanol–water partition coefficient (Wildman–Crippen LogP) is 1.77. The summed E-state index contributed by atoms with van der Waals surface area (Å²) in [5.41, 5.74) is 0.191. The molecule has 14 heavy (non-hydrogen) atoms. The third-order valence-electron chi connectivity index (χ3n) is 2.29. The van der Waals surface area contributed by atoms with Gasteiger partial charge in [0.15, 0.2) is 0 Å². The Bertz CT molecular complexity index is 295. The Labute approximate surface area is 83.3 Å². The molecule has 1 rings (SSSR count). The molecule has 0 amide bonds. The molecule has 3 heteroatoms. The van der Waals surface area contributed by atoms with E-state index in [2.05, 4.69) is 0 Å². The van der Waals surface area contributed by atoms with Crippen LogP contribution in [0.1, 0.15) is 12.5 Å². The number of halogens is 1. The van der Waals surface area contributed by atoms with Gasteiger partial charge in [0.1, 0.15) is 5.82 Å². The van der Waals surface area contributed by atoms with Gasteiger partial charge in [-0.3, -0.25) is 0 Å². The highest BCUT2D eigenvalue weighted by Gasteiger charge is 2.22. The second-order valence-electron chi connectivity index (χ2n) is 3.62. The standard InChI is InChI=1S/C11H15FO2/c1-11(8-13,14-2)7-9-4-3-5-10(12)6-9/h3-6,13H,7-8H2,1-2H3. The molecule has 1 unspecified atom stereocenters. The Morgan fingerprint density at radius 2 is 2.21 bits per heavy atom. The van der Waals surface area contributed by atoms with Crippen LogP contribution in [-0.2, 0) is 11.2 Å². The fraction of sp³-hybridized carbons (Fsp3) is 0.455.